The van der Waals surface area contributed by atoms with Gasteiger partial charge in [-0.25, -0.2) is 0 Å². The summed E-state index contributed by atoms with van der Waals surface area (Å²) in [6.07, 6.45) is 2.14. The van der Waals surface area contributed by atoms with Crippen LogP contribution in [0.2, 0.25) is 0 Å². The number of aromatic nitrogens is 1. The molecule has 1 saturated heterocycles. The van der Waals surface area contributed by atoms with Gasteiger partial charge in [0.2, 0.25) is 0 Å². The van der Waals surface area contributed by atoms with Crippen LogP contribution in [0, 0.1) is 0 Å². The van der Waals surface area contributed by atoms with Crippen LogP contribution >= 0.6 is 0 Å². The van der Waals surface area contributed by atoms with Gasteiger partial charge < -0.3 is 19.2 Å². The lowest BCUT2D eigenvalue weighted by molar-refractivity contribution is -0.0530. The Bertz CT molecular complexity index is 616. The van der Waals surface area contributed by atoms with Crippen LogP contribution in [0.4, 0.5) is 0 Å². The van der Waals surface area contributed by atoms with Gasteiger partial charge in [0, 0.05) is 18.0 Å². The van der Waals surface area contributed by atoms with Crippen LogP contribution < -0.4 is 10.3 Å². The second-order valence-electron chi connectivity index (χ2n) is 4.33. The highest BCUT2D eigenvalue weighted by molar-refractivity contribution is 5.87. The Kier molecular flexibility index (Phi) is 3.48. The Labute approximate surface area is 110 Å². The van der Waals surface area contributed by atoms with Gasteiger partial charge >= 0.3 is 0 Å². The summed E-state index contributed by atoms with van der Waals surface area (Å²) in [6.45, 7) is 1.79. The zero-order valence-corrected chi connectivity index (χ0v) is 10.4. The number of fused-ring (bicyclic) bond motifs is 1. The highest BCUT2D eigenvalue weighted by Crippen LogP contribution is 2.23. The van der Waals surface area contributed by atoms with Gasteiger partial charge in [-0.3, -0.25) is 4.79 Å². The summed E-state index contributed by atoms with van der Waals surface area (Å²) >= 11 is 0. The van der Waals surface area contributed by atoms with Crippen LogP contribution in [0.3, 0.4) is 0 Å². The minimum atomic E-state index is -0.168. The monoisotopic (exact) mass is 261 g/mol. The lowest BCUT2D eigenvalue weighted by Crippen LogP contribution is -2.13. The molecule has 2 aromatic rings. The molecule has 0 aliphatic carbocycles. The molecular formula is C14H15NO4. The number of benzene rings is 1. The van der Waals surface area contributed by atoms with Crippen molar-refractivity contribution in [1.29, 1.82) is 0 Å². The van der Waals surface area contributed by atoms with E-state index in [0.29, 0.717) is 37.4 Å². The maximum atomic E-state index is 11.7. The number of hydrogen-bond acceptors (Lipinski definition) is 4. The molecule has 0 amide bonds. The van der Waals surface area contributed by atoms with Crippen LogP contribution in [-0.2, 0) is 9.47 Å². The summed E-state index contributed by atoms with van der Waals surface area (Å²) < 4.78 is 16.4. The topological polar surface area (TPSA) is 60.6 Å². The number of ether oxygens (including phenoxy) is 3. The summed E-state index contributed by atoms with van der Waals surface area (Å²) in [5, 5.41) is 1.45. The largest absolute Gasteiger partial charge is 0.493 e. The Morgan fingerprint density at radius 1 is 1.21 bits per heavy atom. The summed E-state index contributed by atoms with van der Waals surface area (Å²) in [6, 6.07) is 7.30. The SMILES string of the molecule is O=c1[nH]ccc2c(OCCC3OCCO3)cccc12. The second kappa shape index (κ2) is 5.42. The van der Waals surface area contributed by atoms with Crippen molar-refractivity contribution in [1.82, 2.24) is 4.98 Å². The lowest BCUT2D eigenvalue weighted by atomic mass is 10.1. The zero-order chi connectivity index (χ0) is 13.1. The average Bonchev–Trinajstić information content (AvgIpc) is 2.93. The van der Waals surface area contributed by atoms with E-state index in [2.05, 4.69) is 4.98 Å². The molecule has 100 valence electrons. The lowest BCUT2D eigenvalue weighted by Gasteiger charge is -2.11. The van der Waals surface area contributed by atoms with Crippen molar-refractivity contribution < 1.29 is 14.2 Å². The molecule has 5 heteroatoms. The van der Waals surface area contributed by atoms with E-state index in [0.717, 1.165) is 5.39 Å². The number of H-pyrrole nitrogens is 1. The van der Waals surface area contributed by atoms with Gasteiger partial charge in [-0.1, -0.05) is 6.07 Å². The van der Waals surface area contributed by atoms with Crippen molar-refractivity contribution in [3.8, 4) is 5.75 Å². The molecule has 0 unspecified atom stereocenters. The Morgan fingerprint density at radius 2 is 2.05 bits per heavy atom. The van der Waals surface area contributed by atoms with Gasteiger partial charge in [0.1, 0.15) is 5.75 Å². The third kappa shape index (κ3) is 2.62. The van der Waals surface area contributed by atoms with Crippen LogP contribution in [-0.4, -0.2) is 31.1 Å². The van der Waals surface area contributed by atoms with E-state index in [1.807, 2.05) is 18.2 Å². The van der Waals surface area contributed by atoms with Gasteiger partial charge in [0.15, 0.2) is 6.29 Å². The van der Waals surface area contributed by atoms with E-state index >= 15 is 0 Å². The zero-order valence-electron chi connectivity index (χ0n) is 10.4. The molecule has 1 fully saturated rings. The van der Waals surface area contributed by atoms with Crippen molar-refractivity contribution in [2.45, 2.75) is 12.7 Å². The fourth-order valence-electron chi connectivity index (χ4n) is 2.16. The average molecular weight is 261 g/mol. The Morgan fingerprint density at radius 3 is 2.89 bits per heavy atom. The molecule has 1 aromatic heterocycles. The van der Waals surface area contributed by atoms with Crippen molar-refractivity contribution in [3.63, 3.8) is 0 Å². The number of hydrogen-bond donors (Lipinski definition) is 1. The molecule has 0 bridgehead atoms. The van der Waals surface area contributed by atoms with E-state index in [1.54, 1.807) is 12.3 Å². The third-order valence-corrected chi connectivity index (χ3v) is 3.08. The van der Waals surface area contributed by atoms with E-state index in [-0.39, 0.29) is 11.8 Å². The molecule has 19 heavy (non-hydrogen) atoms. The molecule has 1 aliphatic rings. The molecule has 0 saturated carbocycles. The number of pyridine rings is 1. The predicted molar refractivity (Wildman–Crippen MR) is 70.4 cm³/mol. The van der Waals surface area contributed by atoms with Gasteiger partial charge in [-0.2, -0.15) is 0 Å². The van der Waals surface area contributed by atoms with Crippen LogP contribution in [0.1, 0.15) is 6.42 Å². The summed E-state index contributed by atoms with van der Waals surface area (Å²) in [5.74, 6) is 0.710. The minimum Gasteiger partial charge on any atom is -0.493 e. The fraction of sp³-hybridized carbons (Fsp3) is 0.357. The van der Waals surface area contributed by atoms with Crippen molar-refractivity contribution in [2.75, 3.05) is 19.8 Å². The van der Waals surface area contributed by atoms with E-state index in [1.165, 1.54) is 0 Å². The third-order valence-electron chi connectivity index (χ3n) is 3.08. The fourth-order valence-corrected chi connectivity index (χ4v) is 2.16. The number of aromatic amines is 1. The minimum absolute atomic E-state index is 0.106. The van der Waals surface area contributed by atoms with Gasteiger partial charge in [0.25, 0.3) is 5.56 Å². The summed E-state index contributed by atoms with van der Waals surface area (Å²) in [4.78, 5) is 14.3. The first-order valence-corrected chi connectivity index (χ1v) is 6.31. The molecule has 0 atom stereocenters. The number of nitrogens with one attached hydrogen (secondary N) is 1. The van der Waals surface area contributed by atoms with Crippen molar-refractivity contribution in [3.05, 3.63) is 40.8 Å². The number of rotatable bonds is 4. The van der Waals surface area contributed by atoms with Crippen molar-refractivity contribution >= 4 is 10.8 Å². The van der Waals surface area contributed by atoms with Gasteiger partial charge in [-0.15, -0.1) is 0 Å². The Balaban J connectivity index is 1.73. The first-order valence-electron chi connectivity index (χ1n) is 6.31. The molecule has 5 nitrogen and oxygen atoms in total. The van der Waals surface area contributed by atoms with Crippen LogP contribution in [0.25, 0.3) is 10.8 Å². The molecular weight excluding hydrogens is 246 g/mol. The van der Waals surface area contributed by atoms with E-state index in [4.69, 9.17) is 14.2 Å². The van der Waals surface area contributed by atoms with Gasteiger partial charge in [-0.05, 0) is 18.2 Å². The van der Waals surface area contributed by atoms with Crippen molar-refractivity contribution in [2.24, 2.45) is 0 Å². The quantitative estimate of drug-likeness (QED) is 0.909. The van der Waals surface area contributed by atoms with Crippen LogP contribution in [0.5, 0.6) is 5.75 Å². The normalized spacial score (nSPS) is 16.0. The smallest absolute Gasteiger partial charge is 0.255 e. The maximum absolute atomic E-state index is 11.7. The Hall–Kier alpha value is -1.85. The van der Waals surface area contributed by atoms with Crippen LogP contribution in [0.15, 0.2) is 35.3 Å². The molecule has 1 N–H and O–H groups in total. The molecule has 0 radical (unpaired) electrons. The van der Waals surface area contributed by atoms with E-state index < -0.39 is 0 Å². The highest BCUT2D eigenvalue weighted by atomic mass is 16.7. The second-order valence-corrected chi connectivity index (χ2v) is 4.33. The van der Waals surface area contributed by atoms with E-state index in [9.17, 15) is 4.79 Å². The molecule has 1 aliphatic heterocycles. The standard InChI is InChI=1S/C14H15NO4/c16-14-11-2-1-3-12(10(11)4-6-15-14)17-7-5-13-18-8-9-19-13/h1-4,6,13H,5,7-9H2,(H,15,16). The molecule has 1 aromatic carbocycles. The van der Waals surface area contributed by atoms with Gasteiger partial charge in [0.05, 0.1) is 25.2 Å². The molecule has 3 rings (SSSR count). The molecule has 2 heterocycles. The first-order chi connectivity index (χ1) is 9.34. The highest BCUT2D eigenvalue weighted by Gasteiger charge is 2.15. The summed E-state index contributed by atoms with van der Waals surface area (Å²) in [7, 11) is 0. The molecule has 0 spiro atoms. The predicted octanol–water partition coefficient (Wildman–Crippen LogP) is 1.67. The maximum Gasteiger partial charge on any atom is 0.255 e. The first kappa shape index (κ1) is 12.2. The summed E-state index contributed by atoms with van der Waals surface area (Å²) in [5.41, 5.74) is -0.106.